The number of hydrogen-bond donors (Lipinski definition) is 2. The topological polar surface area (TPSA) is 92.5 Å². The average molecular weight is 354 g/mol. The largest absolute Gasteiger partial charge is 0.398 e. The zero-order valence-electron chi connectivity index (χ0n) is 11.7. The van der Waals surface area contributed by atoms with Crippen LogP contribution in [0.15, 0.2) is 17.0 Å². The Morgan fingerprint density at radius 2 is 2.00 bits per heavy atom. The number of carbonyl (C=O) groups is 1. The van der Waals surface area contributed by atoms with Crippen LogP contribution in [-0.2, 0) is 14.8 Å². The molecule has 0 aliphatic heterocycles. The Kier molecular flexibility index (Phi) is 6.27. The summed E-state index contributed by atoms with van der Waals surface area (Å²) in [6.07, 6.45) is 0.543. The molecule has 1 aromatic rings. The zero-order chi connectivity index (χ0) is 16.2. The third kappa shape index (κ3) is 4.23. The quantitative estimate of drug-likeness (QED) is 0.761. The number of sulfonamides is 1. The molecule has 0 fully saturated rings. The molecule has 1 amide bonds. The Morgan fingerprint density at radius 3 is 2.48 bits per heavy atom. The molecule has 0 radical (unpaired) electrons. The summed E-state index contributed by atoms with van der Waals surface area (Å²) in [5.74, 6) is -0.421. The molecule has 1 aromatic carbocycles. The van der Waals surface area contributed by atoms with Gasteiger partial charge >= 0.3 is 0 Å². The van der Waals surface area contributed by atoms with Crippen molar-refractivity contribution in [3.63, 3.8) is 0 Å². The number of rotatable bonds is 6. The van der Waals surface area contributed by atoms with E-state index in [-0.39, 0.29) is 33.7 Å². The highest BCUT2D eigenvalue weighted by molar-refractivity contribution is 7.89. The van der Waals surface area contributed by atoms with Crippen LogP contribution in [0.4, 0.5) is 5.69 Å². The van der Waals surface area contributed by atoms with E-state index < -0.39 is 15.9 Å². The first kappa shape index (κ1) is 18.0. The molecule has 0 heterocycles. The average Bonchev–Trinajstić information content (AvgIpc) is 2.36. The normalized spacial score (nSPS) is 11.7. The van der Waals surface area contributed by atoms with Gasteiger partial charge < -0.3 is 11.1 Å². The van der Waals surface area contributed by atoms with Crippen molar-refractivity contribution in [2.24, 2.45) is 0 Å². The van der Waals surface area contributed by atoms with Gasteiger partial charge in [0.15, 0.2) is 0 Å². The van der Waals surface area contributed by atoms with Crippen molar-refractivity contribution in [3.05, 3.63) is 22.2 Å². The number of hydrogen-bond acceptors (Lipinski definition) is 4. The lowest BCUT2D eigenvalue weighted by atomic mass is 10.3. The van der Waals surface area contributed by atoms with E-state index in [1.54, 1.807) is 6.92 Å². The van der Waals surface area contributed by atoms with Crippen LogP contribution in [0.1, 0.15) is 13.3 Å². The summed E-state index contributed by atoms with van der Waals surface area (Å²) < 4.78 is 26.4. The number of likely N-dealkylation sites (N-methyl/N-ethyl adjacent to an activating group) is 1. The van der Waals surface area contributed by atoms with E-state index in [0.29, 0.717) is 6.42 Å². The predicted octanol–water partition coefficient (Wildman–Crippen LogP) is 1.72. The van der Waals surface area contributed by atoms with E-state index in [4.69, 9.17) is 28.9 Å². The first-order chi connectivity index (χ1) is 9.73. The Morgan fingerprint density at radius 1 is 1.38 bits per heavy atom. The summed E-state index contributed by atoms with van der Waals surface area (Å²) in [4.78, 5) is 11.3. The second-order valence-corrected chi connectivity index (χ2v) is 7.04. The van der Waals surface area contributed by atoms with E-state index in [9.17, 15) is 13.2 Å². The first-order valence-electron chi connectivity index (χ1n) is 6.19. The predicted molar refractivity (Wildman–Crippen MR) is 84.0 cm³/mol. The molecular formula is C12H17Cl2N3O3S. The van der Waals surface area contributed by atoms with Gasteiger partial charge in [0.1, 0.15) is 4.90 Å². The Hall–Kier alpha value is -1.02. The van der Waals surface area contributed by atoms with Gasteiger partial charge in [-0.05, 0) is 18.6 Å². The molecule has 9 heteroatoms. The van der Waals surface area contributed by atoms with E-state index >= 15 is 0 Å². The Balaban J connectivity index is 3.32. The van der Waals surface area contributed by atoms with Crippen molar-refractivity contribution in [3.8, 4) is 0 Å². The number of halogens is 2. The molecule has 0 spiro atoms. The van der Waals surface area contributed by atoms with Gasteiger partial charge in [-0.25, -0.2) is 8.42 Å². The lowest BCUT2D eigenvalue weighted by Crippen LogP contribution is -2.40. The van der Waals surface area contributed by atoms with Gasteiger partial charge in [-0.1, -0.05) is 30.1 Å². The third-order valence-corrected chi connectivity index (χ3v) is 5.30. The van der Waals surface area contributed by atoms with Crippen LogP contribution < -0.4 is 11.1 Å². The molecule has 0 saturated carbocycles. The molecule has 0 aromatic heterocycles. The maximum atomic E-state index is 12.7. The minimum atomic E-state index is -3.99. The van der Waals surface area contributed by atoms with Crippen LogP contribution in [0.3, 0.4) is 0 Å². The summed E-state index contributed by atoms with van der Waals surface area (Å²) in [6.45, 7) is 1.68. The summed E-state index contributed by atoms with van der Waals surface area (Å²) in [6, 6.07) is 2.61. The number of amides is 1. The minimum Gasteiger partial charge on any atom is -0.398 e. The summed E-state index contributed by atoms with van der Waals surface area (Å²) in [5.41, 5.74) is 5.68. The molecular weight excluding hydrogens is 337 g/mol. The highest BCUT2D eigenvalue weighted by Crippen LogP contribution is 2.33. The molecule has 21 heavy (non-hydrogen) atoms. The fraction of sp³-hybridized carbons (Fsp3) is 0.417. The van der Waals surface area contributed by atoms with Gasteiger partial charge in [0.2, 0.25) is 15.9 Å². The highest BCUT2D eigenvalue weighted by Gasteiger charge is 2.30. The lowest BCUT2D eigenvalue weighted by molar-refractivity contribution is -0.120. The Bertz CT molecular complexity index is 612. The second kappa shape index (κ2) is 7.31. The minimum absolute atomic E-state index is 0.0505. The van der Waals surface area contributed by atoms with Gasteiger partial charge in [-0.2, -0.15) is 4.31 Å². The number of nitrogens with zero attached hydrogens (tertiary/aromatic N) is 1. The molecule has 118 valence electrons. The third-order valence-electron chi connectivity index (χ3n) is 2.71. The summed E-state index contributed by atoms with van der Waals surface area (Å²) in [5, 5.41) is 2.55. The van der Waals surface area contributed by atoms with Gasteiger partial charge in [0.25, 0.3) is 0 Å². The number of benzene rings is 1. The molecule has 3 N–H and O–H groups in total. The number of carbonyl (C=O) groups excluding carboxylic acids is 1. The molecule has 0 saturated heterocycles. The van der Waals surface area contributed by atoms with Crippen LogP contribution in [-0.4, -0.2) is 38.8 Å². The number of nitrogen functional groups attached to an aromatic ring is 1. The van der Waals surface area contributed by atoms with Crippen LogP contribution in [0.2, 0.25) is 10.0 Å². The Labute approximate surface area is 134 Å². The standard InChI is InChI=1S/C12H17Cl2N3O3S/c1-3-4-17(7-11(18)16-2)21(19,20)12-9(14)5-8(13)6-10(12)15/h5-6H,3-4,7,15H2,1-2H3,(H,16,18). The van der Waals surface area contributed by atoms with Gasteiger partial charge in [-0.3, -0.25) is 4.79 Å². The molecule has 0 aliphatic carbocycles. The number of nitrogens with one attached hydrogen (secondary N) is 1. The summed E-state index contributed by atoms with van der Waals surface area (Å²) >= 11 is 11.7. The zero-order valence-corrected chi connectivity index (χ0v) is 14.0. The number of nitrogens with two attached hydrogens (primary N) is 1. The van der Waals surface area contributed by atoms with E-state index in [1.807, 2.05) is 0 Å². The SMILES string of the molecule is CCCN(CC(=O)NC)S(=O)(=O)c1c(N)cc(Cl)cc1Cl. The molecule has 1 rings (SSSR count). The van der Waals surface area contributed by atoms with Crippen molar-refractivity contribution in [2.75, 3.05) is 25.9 Å². The van der Waals surface area contributed by atoms with Crippen molar-refractivity contribution in [1.82, 2.24) is 9.62 Å². The maximum absolute atomic E-state index is 12.7. The molecule has 0 unspecified atom stereocenters. The lowest BCUT2D eigenvalue weighted by Gasteiger charge is -2.22. The van der Waals surface area contributed by atoms with Crippen molar-refractivity contribution >= 4 is 44.8 Å². The van der Waals surface area contributed by atoms with E-state index in [2.05, 4.69) is 5.32 Å². The van der Waals surface area contributed by atoms with E-state index in [0.717, 1.165) is 4.31 Å². The van der Waals surface area contributed by atoms with Crippen molar-refractivity contribution < 1.29 is 13.2 Å². The van der Waals surface area contributed by atoms with Crippen molar-refractivity contribution in [1.29, 1.82) is 0 Å². The van der Waals surface area contributed by atoms with Crippen molar-refractivity contribution in [2.45, 2.75) is 18.2 Å². The second-order valence-electron chi connectivity index (χ2n) is 4.32. The molecule has 0 aliphatic rings. The van der Waals surface area contributed by atoms with E-state index in [1.165, 1.54) is 19.2 Å². The van der Waals surface area contributed by atoms with Crippen LogP contribution in [0.25, 0.3) is 0 Å². The molecule has 6 nitrogen and oxygen atoms in total. The van der Waals surface area contributed by atoms with Crippen LogP contribution >= 0.6 is 23.2 Å². The molecule has 0 atom stereocenters. The summed E-state index contributed by atoms with van der Waals surface area (Å²) in [7, 11) is -2.56. The first-order valence-corrected chi connectivity index (χ1v) is 8.38. The van der Waals surface area contributed by atoms with Gasteiger partial charge in [0, 0.05) is 18.6 Å². The van der Waals surface area contributed by atoms with Gasteiger partial charge in [0.05, 0.1) is 17.3 Å². The fourth-order valence-corrected chi connectivity index (χ4v) is 4.19. The van der Waals surface area contributed by atoms with Crippen LogP contribution in [0.5, 0.6) is 0 Å². The number of anilines is 1. The smallest absolute Gasteiger partial charge is 0.247 e. The maximum Gasteiger partial charge on any atom is 0.247 e. The van der Waals surface area contributed by atoms with Gasteiger partial charge in [-0.15, -0.1) is 0 Å². The monoisotopic (exact) mass is 353 g/mol. The fourth-order valence-electron chi connectivity index (χ4n) is 1.75. The van der Waals surface area contributed by atoms with Crippen LogP contribution in [0, 0.1) is 0 Å². The highest BCUT2D eigenvalue weighted by atomic mass is 35.5. The molecule has 0 bridgehead atoms.